The van der Waals surface area contributed by atoms with Crippen molar-refractivity contribution in [1.29, 1.82) is 0 Å². The van der Waals surface area contributed by atoms with Crippen LogP contribution in [-0.4, -0.2) is 140 Å². The lowest BCUT2D eigenvalue weighted by molar-refractivity contribution is -0.359. The summed E-state index contributed by atoms with van der Waals surface area (Å²) >= 11 is 0. The fourth-order valence-corrected chi connectivity index (χ4v) is 9.92. The van der Waals surface area contributed by atoms with Gasteiger partial charge in [-0.3, -0.25) is 4.79 Å². The van der Waals surface area contributed by atoms with Crippen LogP contribution < -0.4 is 5.32 Å². The standard InChI is InChI=1S/C60H111NO13/c1-3-5-7-8-9-10-11-12-13-14-15-16-17-18-19-20-21-22-23-24-25-26-27-28-29-30-31-32-33-34-35-36-37-38-39-40-42-44-52(65)61-48(49(64)43-41-6-4-2)47-71-59-57(70)55(68)58(51(46-63)73-59)74-60-56(69)54(67)53(66)50(45-62)72-60/h11-12,14-15,41,43,48-51,53-60,62-64,66-70H,3-10,13,16-40,42,44-47H2,1-2H3,(H,61,65)/b12-11-,15-14-,43-41+. The van der Waals surface area contributed by atoms with Gasteiger partial charge in [-0.2, -0.15) is 0 Å². The largest absolute Gasteiger partial charge is 0.394 e. The van der Waals surface area contributed by atoms with Crippen LogP contribution >= 0.6 is 0 Å². The summed E-state index contributed by atoms with van der Waals surface area (Å²) in [7, 11) is 0. The highest BCUT2D eigenvalue weighted by Gasteiger charge is 2.51. The lowest BCUT2D eigenvalue weighted by atomic mass is 9.97. The molecule has 14 nitrogen and oxygen atoms in total. The SMILES string of the molecule is CCC/C=C/C(O)C(COC1OC(CO)C(OC2OC(CO)C(O)C(O)C2O)C(O)C1O)NC(=O)CCCCCCCCCCCCCCCCCCCCCCCCCCC/C=C\C/C=C\CCCCCCC. The second-order valence-corrected chi connectivity index (χ2v) is 21.5. The van der Waals surface area contributed by atoms with Crippen molar-refractivity contribution in [2.75, 3.05) is 19.8 Å². The molecule has 14 heteroatoms. The van der Waals surface area contributed by atoms with Crippen LogP contribution in [0.5, 0.6) is 0 Å². The van der Waals surface area contributed by atoms with Crippen LogP contribution in [0.2, 0.25) is 0 Å². The van der Waals surface area contributed by atoms with E-state index in [0.29, 0.717) is 6.42 Å². The molecule has 2 saturated heterocycles. The first kappa shape index (κ1) is 68.3. The molecule has 0 bridgehead atoms. The van der Waals surface area contributed by atoms with E-state index in [0.717, 1.165) is 38.5 Å². The van der Waals surface area contributed by atoms with Gasteiger partial charge in [-0.25, -0.2) is 0 Å². The lowest BCUT2D eigenvalue weighted by Crippen LogP contribution is -2.65. The predicted octanol–water partition coefficient (Wildman–Crippen LogP) is 10.2. The van der Waals surface area contributed by atoms with Crippen LogP contribution in [0, 0.1) is 0 Å². The van der Waals surface area contributed by atoms with E-state index in [1.165, 1.54) is 180 Å². The first-order chi connectivity index (χ1) is 36.1. The number of rotatable bonds is 48. The number of hydrogen-bond acceptors (Lipinski definition) is 13. The van der Waals surface area contributed by atoms with Gasteiger partial charge in [0.1, 0.15) is 48.8 Å². The zero-order chi connectivity index (χ0) is 53.9. The Bertz CT molecular complexity index is 1380. The van der Waals surface area contributed by atoms with Crippen molar-refractivity contribution < 1.29 is 64.6 Å². The highest BCUT2D eigenvalue weighted by molar-refractivity contribution is 5.76. The van der Waals surface area contributed by atoms with Crippen molar-refractivity contribution in [2.45, 2.75) is 319 Å². The average Bonchev–Trinajstić information content (AvgIpc) is 3.40. The van der Waals surface area contributed by atoms with Gasteiger partial charge in [-0.15, -0.1) is 0 Å². The predicted molar refractivity (Wildman–Crippen MR) is 295 cm³/mol. The number of hydrogen-bond donors (Lipinski definition) is 9. The summed E-state index contributed by atoms with van der Waals surface area (Å²) in [6, 6.07) is -0.907. The van der Waals surface area contributed by atoms with Gasteiger partial charge in [0.2, 0.25) is 5.91 Å². The minimum atomic E-state index is -1.78. The molecule has 434 valence electrons. The number of carbonyl (C=O) groups excluding carboxylic acids is 1. The number of carbonyl (C=O) groups is 1. The average molecular weight is 1050 g/mol. The Hall–Kier alpha value is -1.79. The molecule has 0 saturated carbocycles. The maximum Gasteiger partial charge on any atom is 0.220 e. The van der Waals surface area contributed by atoms with Crippen molar-refractivity contribution in [3.05, 3.63) is 36.5 Å². The summed E-state index contributed by atoms with van der Waals surface area (Å²) in [6.45, 7) is 2.56. The van der Waals surface area contributed by atoms with Crippen molar-refractivity contribution >= 4 is 5.91 Å². The van der Waals surface area contributed by atoms with Crippen molar-refractivity contribution in [3.8, 4) is 0 Å². The molecule has 0 radical (unpaired) electrons. The number of nitrogens with one attached hydrogen (secondary N) is 1. The molecule has 0 aromatic rings. The van der Waals surface area contributed by atoms with E-state index in [1.54, 1.807) is 6.08 Å². The van der Waals surface area contributed by atoms with Gasteiger partial charge in [0.15, 0.2) is 12.6 Å². The zero-order valence-electron chi connectivity index (χ0n) is 46.6. The normalized spacial score (nSPS) is 25.4. The second kappa shape index (κ2) is 46.2. The monoisotopic (exact) mass is 1050 g/mol. The van der Waals surface area contributed by atoms with Gasteiger partial charge in [0, 0.05) is 6.42 Å². The van der Waals surface area contributed by atoms with Gasteiger partial charge in [0.05, 0.1) is 32.0 Å². The van der Waals surface area contributed by atoms with E-state index < -0.39 is 86.8 Å². The molecule has 0 spiro atoms. The van der Waals surface area contributed by atoms with E-state index in [-0.39, 0.29) is 18.9 Å². The zero-order valence-corrected chi connectivity index (χ0v) is 46.6. The third-order valence-electron chi connectivity index (χ3n) is 14.8. The van der Waals surface area contributed by atoms with Gasteiger partial charge in [-0.1, -0.05) is 230 Å². The number of unbranched alkanes of at least 4 members (excludes halogenated alkanes) is 31. The van der Waals surface area contributed by atoms with Gasteiger partial charge in [0.25, 0.3) is 0 Å². The van der Waals surface area contributed by atoms with Crippen LogP contribution in [-0.2, 0) is 23.7 Å². The number of ether oxygens (including phenoxy) is 4. The Morgan fingerprint density at radius 1 is 0.486 bits per heavy atom. The molecule has 2 heterocycles. The van der Waals surface area contributed by atoms with Gasteiger partial charge in [-0.05, 0) is 44.9 Å². The Labute approximate surface area is 449 Å². The molecule has 9 N–H and O–H groups in total. The third kappa shape index (κ3) is 31.6. The minimum Gasteiger partial charge on any atom is -0.394 e. The molecule has 2 fully saturated rings. The van der Waals surface area contributed by atoms with E-state index >= 15 is 0 Å². The van der Waals surface area contributed by atoms with Crippen molar-refractivity contribution in [3.63, 3.8) is 0 Å². The Kier molecular flexibility index (Phi) is 42.6. The van der Waals surface area contributed by atoms with Crippen molar-refractivity contribution in [2.24, 2.45) is 0 Å². The van der Waals surface area contributed by atoms with Crippen LogP contribution in [0.3, 0.4) is 0 Å². The quantitative estimate of drug-likeness (QED) is 0.0204. The topological polar surface area (TPSA) is 228 Å². The van der Waals surface area contributed by atoms with Crippen molar-refractivity contribution in [1.82, 2.24) is 5.32 Å². The summed E-state index contributed by atoms with van der Waals surface area (Å²) in [6.07, 6.45) is 40.7. The van der Waals surface area contributed by atoms with E-state index in [2.05, 4.69) is 36.5 Å². The molecule has 2 aliphatic rings. The van der Waals surface area contributed by atoms with E-state index in [1.807, 2.05) is 13.0 Å². The number of allylic oxidation sites excluding steroid dienone is 5. The molecule has 0 aliphatic carbocycles. The van der Waals surface area contributed by atoms with Gasteiger partial charge < -0.3 is 65.1 Å². The summed E-state index contributed by atoms with van der Waals surface area (Å²) < 4.78 is 22.5. The molecule has 74 heavy (non-hydrogen) atoms. The van der Waals surface area contributed by atoms with E-state index in [9.17, 15) is 45.6 Å². The molecule has 2 rings (SSSR count). The first-order valence-corrected chi connectivity index (χ1v) is 30.2. The molecule has 0 aromatic carbocycles. The second-order valence-electron chi connectivity index (χ2n) is 21.5. The van der Waals surface area contributed by atoms with Crippen LogP contribution in [0.4, 0.5) is 0 Å². The van der Waals surface area contributed by atoms with Gasteiger partial charge >= 0.3 is 0 Å². The van der Waals surface area contributed by atoms with Crippen LogP contribution in [0.25, 0.3) is 0 Å². The van der Waals surface area contributed by atoms with Crippen LogP contribution in [0.15, 0.2) is 36.5 Å². The molecule has 1 amide bonds. The number of amides is 1. The fraction of sp³-hybridized carbons (Fsp3) is 0.883. The Morgan fingerprint density at radius 3 is 1.38 bits per heavy atom. The molecule has 12 unspecified atom stereocenters. The minimum absolute atomic E-state index is 0.248. The highest BCUT2D eigenvalue weighted by Crippen LogP contribution is 2.30. The maximum absolute atomic E-state index is 13.0. The number of aliphatic hydroxyl groups excluding tert-OH is 8. The summed E-state index contributed by atoms with van der Waals surface area (Å²) in [5.74, 6) is -0.248. The molecular formula is C60H111NO13. The summed E-state index contributed by atoms with van der Waals surface area (Å²) in [5, 5.41) is 86.0. The number of aliphatic hydroxyl groups is 8. The lowest BCUT2D eigenvalue weighted by Gasteiger charge is -2.46. The third-order valence-corrected chi connectivity index (χ3v) is 14.8. The molecule has 2 aliphatic heterocycles. The maximum atomic E-state index is 13.0. The smallest absolute Gasteiger partial charge is 0.220 e. The first-order valence-electron chi connectivity index (χ1n) is 30.2. The van der Waals surface area contributed by atoms with Crippen LogP contribution in [0.1, 0.15) is 245 Å². The Morgan fingerprint density at radius 2 is 0.919 bits per heavy atom. The molecular weight excluding hydrogens is 943 g/mol. The highest BCUT2D eigenvalue weighted by atomic mass is 16.7. The Balaban J connectivity index is 1.44. The fourth-order valence-electron chi connectivity index (χ4n) is 9.92. The van der Waals surface area contributed by atoms with E-state index in [4.69, 9.17) is 18.9 Å². The molecule has 0 aromatic heterocycles. The summed E-state index contributed by atoms with van der Waals surface area (Å²) in [4.78, 5) is 13.0. The molecule has 12 atom stereocenters. The summed E-state index contributed by atoms with van der Waals surface area (Å²) in [5.41, 5.74) is 0.